The van der Waals surface area contributed by atoms with E-state index in [1.807, 2.05) is 27.7 Å². The van der Waals surface area contributed by atoms with Gasteiger partial charge in [-0.15, -0.1) is 0 Å². The molecule has 1 fully saturated rings. The van der Waals surface area contributed by atoms with Gasteiger partial charge in [-0.25, -0.2) is 4.79 Å². The predicted molar refractivity (Wildman–Crippen MR) is 86.5 cm³/mol. The van der Waals surface area contributed by atoms with Crippen molar-refractivity contribution in [2.45, 2.75) is 84.0 Å². The summed E-state index contributed by atoms with van der Waals surface area (Å²) in [7, 11) is 0. The van der Waals surface area contributed by atoms with E-state index in [4.69, 9.17) is 10.5 Å². The maximum atomic E-state index is 12.3. The van der Waals surface area contributed by atoms with Crippen LogP contribution in [0.1, 0.15) is 60.3 Å². The number of likely N-dealkylation sites (N-methyl/N-ethyl adjacent to an activating group) is 1. The minimum absolute atomic E-state index is 0.00947. The number of hydrogen-bond donors (Lipinski definition) is 2. The second-order valence-corrected chi connectivity index (χ2v) is 7.02. The van der Waals surface area contributed by atoms with E-state index in [1.54, 1.807) is 11.8 Å². The topological polar surface area (TPSA) is 84.7 Å². The Hall–Kier alpha value is -1.30. The molecule has 0 aliphatic heterocycles. The molecule has 0 saturated heterocycles. The second-order valence-electron chi connectivity index (χ2n) is 7.02. The van der Waals surface area contributed by atoms with Gasteiger partial charge in [0.05, 0.1) is 18.1 Å². The van der Waals surface area contributed by atoms with Gasteiger partial charge in [-0.1, -0.05) is 12.8 Å². The molecule has 6 heteroatoms. The van der Waals surface area contributed by atoms with Gasteiger partial charge in [0.2, 0.25) is 5.91 Å². The largest absolute Gasteiger partial charge is 0.444 e. The lowest BCUT2D eigenvalue weighted by Gasteiger charge is -2.40. The molecule has 2 amide bonds. The molecular formula is C16H31N3O3. The van der Waals surface area contributed by atoms with Gasteiger partial charge in [0.25, 0.3) is 0 Å². The van der Waals surface area contributed by atoms with Crippen molar-refractivity contribution in [1.82, 2.24) is 10.2 Å². The zero-order valence-electron chi connectivity index (χ0n) is 14.5. The third kappa shape index (κ3) is 5.48. The first-order chi connectivity index (χ1) is 10.2. The van der Waals surface area contributed by atoms with Crippen LogP contribution in [0.25, 0.3) is 0 Å². The number of nitrogens with two attached hydrogens (primary N) is 1. The first-order valence-corrected chi connectivity index (χ1v) is 8.21. The molecule has 0 aromatic carbocycles. The number of carbonyl (C=O) groups excluding carboxylic acids is 2. The molecule has 0 heterocycles. The third-order valence-electron chi connectivity index (χ3n) is 3.85. The van der Waals surface area contributed by atoms with Crippen LogP contribution >= 0.6 is 0 Å². The highest BCUT2D eigenvalue weighted by Crippen LogP contribution is 2.24. The van der Waals surface area contributed by atoms with E-state index in [2.05, 4.69) is 5.32 Å². The highest BCUT2D eigenvalue weighted by molar-refractivity contribution is 5.81. The minimum atomic E-state index is -0.527. The normalized spacial score (nSPS) is 23.5. The number of amides is 2. The maximum absolute atomic E-state index is 12.3. The summed E-state index contributed by atoms with van der Waals surface area (Å²) in [6.07, 6.45) is 3.41. The van der Waals surface area contributed by atoms with E-state index in [0.717, 1.165) is 25.7 Å². The molecule has 128 valence electrons. The van der Waals surface area contributed by atoms with E-state index in [9.17, 15) is 9.59 Å². The number of nitrogens with one attached hydrogen (secondary N) is 1. The summed E-state index contributed by atoms with van der Waals surface area (Å²) in [5, 5.41) is 2.94. The van der Waals surface area contributed by atoms with Crippen LogP contribution in [0.15, 0.2) is 0 Å². The van der Waals surface area contributed by atoms with Crippen LogP contribution in [-0.2, 0) is 9.53 Å². The molecule has 3 atom stereocenters. The van der Waals surface area contributed by atoms with E-state index in [0.29, 0.717) is 6.54 Å². The number of nitrogens with zero attached hydrogens (tertiary/aromatic N) is 1. The van der Waals surface area contributed by atoms with Crippen LogP contribution < -0.4 is 11.1 Å². The first-order valence-electron chi connectivity index (χ1n) is 8.21. The summed E-state index contributed by atoms with van der Waals surface area (Å²) in [6.45, 7) is 9.75. The Morgan fingerprint density at radius 1 is 1.32 bits per heavy atom. The molecule has 3 N–H and O–H groups in total. The highest BCUT2D eigenvalue weighted by atomic mass is 16.6. The van der Waals surface area contributed by atoms with Crippen molar-refractivity contribution < 1.29 is 14.3 Å². The Kier molecular flexibility index (Phi) is 6.66. The Bertz CT molecular complexity index is 391. The highest BCUT2D eigenvalue weighted by Gasteiger charge is 2.34. The molecule has 0 unspecified atom stereocenters. The predicted octanol–water partition coefficient (Wildman–Crippen LogP) is 2.02. The molecule has 0 aromatic heterocycles. The van der Waals surface area contributed by atoms with Crippen molar-refractivity contribution in [3.8, 4) is 0 Å². The number of hydrogen-bond acceptors (Lipinski definition) is 4. The van der Waals surface area contributed by atoms with E-state index in [1.165, 1.54) is 0 Å². The van der Waals surface area contributed by atoms with Crippen LogP contribution in [0.3, 0.4) is 0 Å². The SMILES string of the molecule is CCN(C(=O)[C@H](C)N)[C@@H]1CCCC[C@H]1NC(=O)OC(C)(C)C. The monoisotopic (exact) mass is 313 g/mol. The van der Waals surface area contributed by atoms with Gasteiger partial charge < -0.3 is 20.7 Å². The average Bonchev–Trinajstić information content (AvgIpc) is 2.39. The fraction of sp³-hybridized carbons (Fsp3) is 0.875. The number of alkyl carbamates (subject to hydrolysis) is 1. The van der Waals surface area contributed by atoms with Crippen molar-refractivity contribution in [1.29, 1.82) is 0 Å². The Labute approximate surface area is 133 Å². The van der Waals surface area contributed by atoms with Crippen molar-refractivity contribution in [2.24, 2.45) is 5.73 Å². The van der Waals surface area contributed by atoms with Gasteiger partial charge in [0.1, 0.15) is 5.60 Å². The van der Waals surface area contributed by atoms with Gasteiger partial charge in [-0.2, -0.15) is 0 Å². The van der Waals surface area contributed by atoms with E-state index >= 15 is 0 Å². The fourth-order valence-electron chi connectivity index (χ4n) is 2.93. The van der Waals surface area contributed by atoms with Crippen LogP contribution in [-0.4, -0.2) is 47.2 Å². The number of ether oxygens (including phenoxy) is 1. The lowest BCUT2D eigenvalue weighted by molar-refractivity contribution is -0.135. The smallest absolute Gasteiger partial charge is 0.407 e. The van der Waals surface area contributed by atoms with Gasteiger partial charge in [-0.3, -0.25) is 4.79 Å². The van der Waals surface area contributed by atoms with Crippen LogP contribution in [0.4, 0.5) is 4.79 Å². The van der Waals surface area contributed by atoms with E-state index in [-0.39, 0.29) is 18.0 Å². The third-order valence-corrected chi connectivity index (χ3v) is 3.85. The Morgan fingerprint density at radius 2 is 1.91 bits per heavy atom. The van der Waals surface area contributed by atoms with Crippen molar-refractivity contribution in [2.75, 3.05) is 6.54 Å². The zero-order valence-corrected chi connectivity index (χ0v) is 14.5. The molecule has 1 rings (SSSR count). The number of carbonyl (C=O) groups is 2. The van der Waals surface area contributed by atoms with Crippen LogP contribution in [0, 0.1) is 0 Å². The number of rotatable bonds is 4. The maximum Gasteiger partial charge on any atom is 0.407 e. The van der Waals surface area contributed by atoms with Crippen LogP contribution in [0.5, 0.6) is 0 Å². The van der Waals surface area contributed by atoms with Crippen molar-refractivity contribution in [3.05, 3.63) is 0 Å². The Morgan fingerprint density at radius 3 is 2.41 bits per heavy atom. The quantitative estimate of drug-likeness (QED) is 0.831. The minimum Gasteiger partial charge on any atom is -0.444 e. The van der Waals surface area contributed by atoms with E-state index < -0.39 is 17.7 Å². The summed E-state index contributed by atoms with van der Waals surface area (Å²) in [5.74, 6) is -0.0645. The summed E-state index contributed by atoms with van der Waals surface area (Å²) < 4.78 is 5.33. The fourth-order valence-corrected chi connectivity index (χ4v) is 2.93. The van der Waals surface area contributed by atoms with Gasteiger partial charge in [0, 0.05) is 6.54 Å². The van der Waals surface area contributed by atoms with Gasteiger partial charge in [-0.05, 0) is 47.5 Å². The molecule has 0 bridgehead atoms. The summed E-state index contributed by atoms with van der Waals surface area (Å²) in [4.78, 5) is 26.1. The molecule has 0 spiro atoms. The van der Waals surface area contributed by atoms with Crippen molar-refractivity contribution in [3.63, 3.8) is 0 Å². The summed E-state index contributed by atoms with van der Waals surface area (Å²) in [6, 6.07) is -0.611. The first kappa shape index (κ1) is 18.7. The van der Waals surface area contributed by atoms with Gasteiger partial charge in [0.15, 0.2) is 0 Å². The Balaban J connectivity index is 2.78. The molecule has 0 aromatic rings. The van der Waals surface area contributed by atoms with Gasteiger partial charge >= 0.3 is 6.09 Å². The molecular weight excluding hydrogens is 282 g/mol. The lowest BCUT2D eigenvalue weighted by atomic mass is 9.89. The second kappa shape index (κ2) is 7.81. The van der Waals surface area contributed by atoms with Crippen LogP contribution in [0.2, 0.25) is 0 Å². The molecule has 1 aliphatic rings. The zero-order chi connectivity index (χ0) is 16.9. The standard InChI is InChI=1S/C16H31N3O3/c1-6-19(14(20)11(2)17)13-10-8-7-9-12(13)18-15(21)22-16(3,4)5/h11-13H,6-10,17H2,1-5H3,(H,18,21)/t11-,12+,13+/m0/s1. The lowest BCUT2D eigenvalue weighted by Crippen LogP contribution is -2.57. The molecule has 22 heavy (non-hydrogen) atoms. The molecule has 6 nitrogen and oxygen atoms in total. The summed E-state index contributed by atoms with van der Waals surface area (Å²) >= 11 is 0. The molecule has 1 aliphatic carbocycles. The molecule has 0 radical (unpaired) electrons. The molecule has 1 saturated carbocycles. The van der Waals surface area contributed by atoms with Crippen molar-refractivity contribution >= 4 is 12.0 Å². The average molecular weight is 313 g/mol. The summed E-state index contributed by atoms with van der Waals surface area (Å²) in [5.41, 5.74) is 5.22.